The fraction of sp³-hybridized carbons (Fsp3) is 0.152. The van der Waals surface area contributed by atoms with Crippen LogP contribution in [-0.2, 0) is 27.1 Å². The molecule has 3 atom stereocenters. The third-order valence-corrected chi connectivity index (χ3v) is 11.6. The Morgan fingerprint density at radius 3 is 2.40 bits per heavy atom. The Kier molecular flexibility index (Phi) is 7.94. The van der Waals surface area contributed by atoms with Crippen LogP contribution in [0.1, 0.15) is 21.9 Å². The number of halogens is 5. The molecule has 3 unspecified atom stereocenters. The molecule has 5 aromatic rings. The zero-order valence-electron chi connectivity index (χ0n) is 23.8. The summed E-state index contributed by atoms with van der Waals surface area (Å²) < 4.78 is 41.9. The van der Waals surface area contributed by atoms with Crippen molar-refractivity contribution in [3.8, 4) is 0 Å². The van der Waals surface area contributed by atoms with Gasteiger partial charge in [0.05, 0.1) is 32.2 Å². The molecule has 1 N–H and O–H groups in total. The number of imide groups is 1. The average Bonchev–Trinajstić information content (AvgIpc) is 3.48. The van der Waals surface area contributed by atoms with E-state index in [0.29, 0.717) is 21.2 Å². The van der Waals surface area contributed by atoms with E-state index in [2.05, 4.69) is 5.32 Å². The molecule has 0 aliphatic carbocycles. The summed E-state index contributed by atoms with van der Waals surface area (Å²) in [5, 5.41) is 4.02. The summed E-state index contributed by atoms with van der Waals surface area (Å²) >= 11 is 14.7. The molecular weight excluding hydrogens is 694 g/mol. The van der Waals surface area contributed by atoms with E-state index >= 15 is 0 Å². The van der Waals surface area contributed by atoms with Crippen LogP contribution in [0.25, 0.3) is 10.8 Å². The molecule has 3 heterocycles. The highest BCUT2D eigenvalue weighted by atomic mass is 35.5. The SMILES string of the molecule is O=C(Cn1c2c(sc1=O)C(c1cccc(Cl)c1Cl)C1C(=O)N(c3cccc(C(F)(F)F)c3)C(=O)C1S2)Nc1cccc2ccccc12. The van der Waals surface area contributed by atoms with E-state index in [-0.39, 0.29) is 15.7 Å². The molecule has 2 aliphatic heterocycles. The average molecular weight is 715 g/mol. The van der Waals surface area contributed by atoms with Crippen LogP contribution in [0.5, 0.6) is 0 Å². The predicted molar refractivity (Wildman–Crippen MR) is 177 cm³/mol. The normalized spacial score (nSPS) is 19.2. The van der Waals surface area contributed by atoms with Crippen molar-refractivity contribution < 1.29 is 27.6 Å². The summed E-state index contributed by atoms with van der Waals surface area (Å²) in [7, 11) is 0. The van der Waals surface area contributed by atoms with Gasteiger partial charge in [-0.1, -0.05) is 101 Å². The van der Waals surface area contributed by atoms with Crippen LogP contribution in [0.15, 0.2) is 94.7 Å². The number of aromatic nitrogens is 1. The standard InChI is InChI=1S/C33H20Cl2F3N3O4S2/c34-21-12-5-11-20(26(21)35)24-25-27(30(44)41(29(25)43)18-9-4-8-17(14-18)33(36,37)38)46-31-28(24)47-32(45)40(31)15-23(42)39-22-13-3-7-16-6-1-2-10-19(16)22/h1-14,24-25,27H,15H2,(H,39,42). The van der Waals surface area contributed by atoms with E-state index in [1.807, 2.05) is 30.3 Å². The van der Waals surface area contributed by atoms with Crippen molar-refractivity contribution >= 4 is 86.2 Å². The van der Waals surface area contributed by atoms with Gasteiger partial charge in [-0.3, -0.25) is 23.7 Å². The van der Waals surface area contributed by atoms with E-state index in [0.717, 1.165) is 57.0 Å². The number of hydrogen-bond acceptors (Lipinski definition) is 6. The lowest BCUT2D eigenvalue weighted by Gasteiger charge is -2.31. The van der Waals surface area contributed by atoms with Gasteiger partial charge in [0.2, 0.25) is 17.7 Å². The number of thiazole rings is 1. The molecule has 1 fully saturated rings. The largest absolute Gasteiger partial charge is 0.416 e. The van der Waals surface area contributed by atoms with Crippen molar-refractivity contribution in [1.29, 1.82) is 0 Å². The van der Waals surface area contributed by atoms with Crippen LogP contribution in [0.4, 0.5) is 24.5 Å². The highest BCUT2D eigenvalue weighted by molar-refractivity contribution is 8.00. The van der Waals surface area contributed by atoms with E-state index in [1.165, 1.54) is 10.6 Å². The number of alkyl halides is 3. The maximum Gasteiger partial charge on any atom is 0.416 e. The number of benzene rings is 4. The molecule has 1 aromatic heterocycles. The lowest BCUT2D eigenvalue weighted by Crippen LogP contribution is -2.33. The third kappa shape index (κ3) is 5.42. The number of fused-ring (bicyclic) bond motifs is 3. The van der Waals surface area contributed by atoms with Crippen LogP contribution in [0, 0.1) is 5.92 Å². The minimum Gasteiger partial charge on any atom is -0.324 e. The van der Waals surface area contributed by atoms with Crippen LogP contribution in [-0.4, -0.2) is 27.5 Å². The molecule has 47 heavy (non-hydrogen) atoms. The molecule has 4 aromatic carbocycles. The molecule has 2 aliphatic rings. The predicted octanol–water partition coefficient (Wildman–Crippen LogP) is 7.82. The maximum absolute atomic E-state index is 14.1. The van der Waals surface area contributed by atoms with Crippen LogP contribution < -0.4 is 15.1 Å². The molecule has 0 bridgehead atoms. The number of hydrogen-bond donors (Lipinski definition) is 1. The van der Waals surface area contributed by atoms with Gasteiger partial charge in [-0.15, -0.1) is 0 Å². The molecule has 0 spiro atoms. The highest BCUT2D eigenvalue weighted by Crippen LogP contribution is 2.55. The summed E-state index contributed by atoms with van der Waals surface area (Å²) in [5.41, 5.74) is -0.320. The molecule has 0 saturated carbocycles. The topological polar surface area (TPSA) is 88.5 Å². The van der Waals surface area contributed by atoms with Gasteiger partial charge in [-0.2, -0.15) is 13.2 Å². The number of thioether (sulfide) groups is 1. The molecule has 7 rings (SSSR count). The third-order valence-electron chi connectivity index (χ3n) is 8.16. The van der Waals surface area contributed by atoms with Crippen molar-refractivity contribution in [2.75, 3.05) is 10.2 Å². The van der Waals surface area contributed by atoms with Gasteiger partial charge in [-0.25, -0.2) is 4.90 Å². The number of nitrogens with one attached hydrogen (secondary N) is 1. The van der Waals surface area contributed by atoms with Gasteiger partial charge in [-0.05, 0) is 41.3 Å². The van der Waals surface area contributed by atoms with Gasteiger partial charge in [0.15, 0.2) is 0 Å². The van der Waals surface area contributed by atoms with E-state index in [9.17, 15) is 32.3 Å². The van der Waals surface area contributed by atoms with E-state index in [4.69, 9.17) is 23.2 Å². The first kappa shape index (κ1) is 31.5. The Hall–Kier alpha value is -4.10. The van der Waals surface area contributed by atoms with Crippen molar-refractivity contribution in [2.24, 2.45) is 5.92 Å². The number of amides is 3. The number of nitrogens with zero attached hydrogens (tertiary/aromatic N) is 2. The second kappa shape index (κ2) is 11.9. The summed E-state index contributed by atoms with van der Waals surface area (Å²) in [6.07, 6.45) is -4.70. The number of carbonyl (C=O) groups excluding carboxylic acids is 3. The summed E-state index contributed by atoms with van der Waals surface area (Å²) in [6.45, 7) is -0.395. The number of carbonyl (C=O) groups is 3. The zero-order chi connectivity index (χ0) is 33.2. The Morgan fingerprint density at radius 2 is 1.62 bits per heavy atom. The number of rotatable bonds is 5. The molecule has 7 nitrogen and oxygen atoms in total. The first-order chi connectivity index (χ1) is 22.4. The lowest BCUT2D eigenvalue weighted by molar-refractivity contribution is -0.137. The molecule has 1 saturated heterocycles. The van der Waals surface area contributed by atoms with E-state index in [1.54, 1.807) is 30.3 Å². The van der Waals surface area contributed by atoms with Gasteiger partial charge in [0, 0.05) is 21.9 Å². The highest BCUT2D eigenvalue weighted by Gasteiger charge is 2.57. The lowest BCUT2D eigenvalue weighted by atomic mass is 9.83. The van der Waals surface area contributed by atoms with Crippen LogP contribution in [0.2, 0.25) is 10.0 Å². The van der Waals surface area contributed by atoms with Crippen LogP contribution in [0.3, 0.4) is 0 Å². The number of anilines is 2. The Bertz CT molecular complexity index is 2180. The Labute approximate surface area is 282 Å². The van der Waals surface area contributed by atoms with Crippen molar-refractivity contribution in [3.63, 3.8) is 0 Å². The minimum absolute atomic E-state index is 0.106. The van der Waals surface area contributed by atoms with Crippen molar-refractivity contribution in [2.45, 2.75) is 28.9 Å². The molecule has 0 radical (unpaired) electrons. The van der Waals surface area contributed by atoms with Crippen molar-refractivity contribution in [3.05, 3.63) is 121 Å². The molecule has 3 amide bonds. The smallest absolute Gasteiger partial charge is 0.324 e. The first-order valence-corrected chi connectivity index (χ1v) is 16.6. The molecular formula is C33H20Cl2F3N3O4S2. The zero-order valence-corrected chi connectivity index (χ0v) is 26.9. The summed E-state index contributed by atoms with van der Waals surface area (Å²) in [6, 6.07) is 21.7. The Morgan fingerprint density at radius 1 is 0.894 bits per heavy atom. The van der Waals surface area contributed by atoms with Crippen LogP contribution >= 0.6 is 46.3 Å². The van der Waals surface area contributed by atoms with Gasteiger partial charge in [0.1, 0.15) is 11.8 Å². The molecule has 14 heteroatoms. The van der Waals surface area contributed by atoms with Gasteiger partial charge < -0.3 is 5.32 Å². The van der Waals surface area contributed by atoms with Crippen molar-refractivity contribution in [1.82, 2.24) is 4.57 Å². The first-order valence-electron chi connectivity index (χ1n) is 14.1. The fourth-order valence-electron chi connectivity index (χ4n) is 6.09. The fourth-order valence-corrected chi connectivity index (χ4v) is 9.28. The Balaban J connectivity index is 1.30. The second-order valence-corrected chi connectivity index (χ2v) is 13.9. The summed E-state index contributed by atoms with van der Waals surface area (Å²) in [4.78, 5) is 55.5. The van der Waals surface area contributed by atoms with E-state index < -0.39 is 58.0 Å². The maximum atomic E-state index is 14.1. The monoisotopic (exact) mass is 713 g/mol. The second-order valence-electron chi connectivity index (χ2n) is 10.9. The quantitative estimate of drug-likeness (QED) is 0.188. The van der Waals surface area contributed by atoms with Gasteiger partial charge >= 0.3 is 11.0 Å². The molecule has 238 valence electrons. The minimum atomic E-state index is -4.70. The van der Waals surface area contributed by atoms with Gasteiger partial charge in [0.25, 0.3) is 0 Å². The summed E-state index contributed by atoms with van der Waals surface area (Å²) in [5.74, 6) is -4.05.